The Kier molecular flexibility index (Phi) is 36.9. The smallest absolute Gasteiger partial charge is 0.305 e. The maximum atomic E-state index is 15.6. The van der Waals surface area contributed by atoms with Crippen molar-refractivity contribution in [1.82, 2.24) is 77.3 Å². The van der Waals surface area contributed by atoms with Crippen LogP contribution in [0.25, 0.3) is 10.9 Å². The van der Waals surface area contributed by atoms with Gasteiger partial charge in [-0.1, -0.05) is 125 Å². The number of unbranched alkanes of at least 4 members (excludes halogenated alkanes) is 1. The molecule has 3 aliphatic heterocycles. The van der Waals surface area contributed by atoms with E-state index in [-0.39, 0.29) is 87.8 Å². The molecule has 3 aliphatic rings. The van der Waals surface area contributed by atoms with Gasteiger partial charge in [-0.25, -0.2) is 13.2 Å². The third-order valence-corrected chi connectivity index (χ3v) is 24.1. The minimum Gasteiger partial charge on any atom is -0.508 e. The molecule has 16 N–H and O–H groups in total. The molecule has 6 aromatic rings. The number of aromatic hydroxyl groups is 1. The number of nitrogens with two attached hydrogens (primary N) is 1. The number of likely N-dealkylation sites (N-methyl/N-ethyl adjacent to an activating group) is 3. The van der Waals surface area contributed by atoms with Gasteiger partial charge in [-0.15, -0.1) is 11.8 Å². The number of halogens is 3. The van der Waals surface area contributed by atoms with Crippen LogP contribution in [0.4, 0.5) is 13.2 Å². The van der Waals surface area contributed by atoms with Gasteiger partial charge in [0.15, 0.2) is 17.5 Å². The Morgan fingerprint density at radius 3 is 1.59 bits per heavy atom. The topological polar surface area (TPSA) is 537 Å². The van der Waals surface area contributed by atoms with Gasteiger partial charge < -0.3 is 103 Å². The van der Waals surface area contributed by atoms with Crippen molar-refractivity contribution in [3.8, 4) is 5.75 Å². The van der Waals surface area contributed by atoms with Crippen molar-refractivity contribution in [1.29, 1.82) is 0 Å². The van der Waals surface area contributed by atoms with Crippen LogP contribution in [0, 0.1) is 23.4 Å². The molecule has 0 radical (unpaired) electrons. The number of amides is 15. The van der Waals surface area contributed by atoms with Gasteiger partial charge in [0.2, 0.25) is 88.6 Å². The number of carbonyl (C=O) groups excluding carboxylic acids is 15. The number of aromatic nitrogens is 1. The summed E-state index contributed by atoms with van der Waals surface area (Å²) < 4.78 is 45.0. The molecule has 0 bridgehead atoms. The summed E-state index contributed by atoms with van der Waals surface area (Å²) in [6, 6.07) is 7.40. The molecule has 37 nitrogen and oxygen atoms in total. The highest BCUT2D eigenvalue weighted by Crippen LogP contribution is 2.28. The first-order valence-corrected chi connectivity index (χ1v) is 44.1. The molecule has 41 heteroatoms. The van der Waals surface area contributed by atoms with Crippen LogP contribution in [0.5, 0.6) is 5.75 Å². The van der Waals surface area contributed by atoms with E-state index in [2.05, 4.69) is 52.8 Å². The number of aliphatic hydroxyl groups is 1. The van der Waals surface area contributed by atoms with Crippen LogP contribution in [0.1, 0.15) is 113 Å². The summed E-state index contributed by atoms with van der Waals surface area (Å²) in [5.41, 5.74) is 7.19. The van der Waals surface area contributed by atoms with Crippen molar-refractivity contribution >= 4 is 123 Å². The summed E-state index contributed by atoms with van der Waals surface area (Å²) in [6.45, 7) is 2.82. The zero-order valence-electron chi connectivity index (χ0n) is 73.1. The number of hydrogen-bond acceptors (Lipinski definition) is 20. The number of aromatic amines is 1. The normalized spacial score (nSPS) is 23.7. The number of H-pyrrole nitrogens is 1. The average molecular weight is 1840 g/mol. The van der Waals surface area contributed by atoms with Gasteiger partial charge in [-0.2, -0.15) is 0 Å². The first-order valence-electron chi connectivity index (χ1n) is 42.9. The minimum absolute atomic E-state index is 0.0658. The number of aliphatic carboxylic acids is 2. The zero-order chi connectivity index (χ0) is 95.6. The van der Waals surface area contributed by atoms with Gasteiger partial charge in [0.25, 0.3) is 0 Å². The summed E-state index contributed by atoms with van der Waals surface area (Å²) in [5.74, 6) is -26.7. The van der Waals surface area contributed by atoms with Crippen LogP contribution in [0.3, 0.4) is 0 Å². The average Bonchev–Trinajstić information content (AvgIpc) is 1.75. The first-order chi connectivity index (χ1) is 62.4. The standard InChI is InChI=1S/C90H111F3N16O21S/c1-7-8-25-69-89(129)109-34-18-27-68(109)84(124)101-63(43-74(114)115)82(122)104-77(49(2)3)90(130)106(5)70(40-50-19-11-9-12-20-50)85(125)102-65(44-75(116)117)87(127)108-33-17-26-67(108)83(123)100-62(42-54-45-95-59-24-16-15-23-56(54)59)81(121)99-61(38-52-28-30-55(111)31-29-52)80(120)98-60(32-35-110)79(119)103-66(78(118)96-46-72(94)112)47-131-48-73(113)97-64(39-53-36-57(91)76(93)58(92)37-53)86(126)107(6)71(88(128)105(69)4)41-51-21-13-10-14-22-51/h9-16,19-24,28-31,36-37,45,49,60-71,77,95,110-111H,7-8,17-18,25-27,32-35,38-44,46-48H2,1-6H3,(H2,94,112)(H,96,118)(H,97,113)(H,98,120)(H,99,121)(H,100,123)(H,101,124)(H,102,125)(H,103,119)(H,104,122)(H,114,115)(H,116,117)/t60-,61+,62+,63+,64-,65+,66+,67-,68-,69+,70-,71+,77+/m1/s1. The summed E-state index contributed by atoms with van der Waals surface area (Å²) in [5, 5.41) is 64.8. The third-order valence-electron chi connectivity index (χ3n) is 23.1. The van der Waals surface area contributed by atoms with Crippen LogP contribution < -0.4 is 53.6 Å². The number of para-hydroxylation sites is 1. The highest BCUT2D eigenvalue weighted by Gasteiger charge is 2.47. The molecule has 0 saturated carbocycles. The Morgan fingerprint density at radius 2 is 1.01 bits per heavy atom. The number of phenolic OH excluding ortho intramolecular Hbond substituents is 1. The zero-order valence-corrected chi connectivity index (χ0v) is 74.0. The monoisotopic (exact) mass is 1840 g/mol. The Labute approximate surface area is 756 Å². The number of fused-ring (bicyclic) bond motifs is 3. The number of rotatable bonds is 23. The van der Waals surface area contributed by atoms with Crippen LogP contribution in [-0.4, -0.2) is 288 Å². The molecule has 4 heterocycles. The predicted octanol–water partition coefficient (Wildman–Crippen LogP) is 0.672. The highest BCUT2D eigenvalue weighted by atomic mass is 32.2. The molecule has 9 rings (SSSR count). The summed E-state index contributed by atoms with van der Waals surface area (Å²) in [4.78, 5) is 257. The van der Waals surface area contributed by atoms with Gasteiger partial charge in [0, 0.05) is 95.8 Å². The van der Waals surface area contributed by atoms with Crippen molar-refractivity contribution in [2.24, 2.45) is 11.7 Å². The second-order valence-electron chi connectivity index (χ2n) is 32.9. The number of primary amides is 1. The Bertz CT molecular complexity index is 5130. The molecule has 13 atom stereocenters. The molecule has 3 fully saturated rings. The molecule has 0 unspecified atom stereocenters. The maximum absolute atomic E-state index is 15.6. The molecular weight excluding hydrogens is 1730 g/mol. The second kappa shape index (κ2) is 47.7. The van der Waals surface area contributed by atoms with Crippen molar-refractivity contribution in [3.63, 3.8) is 0 Å². The van der Waals surface area contributed by atoms with Gasteiger partial charge in [0.05, 0.1) is 25.1 Å². The largest absolute Gasteiger partial charge is 0.508 e. The molecule has 131 heavy (non-hydrogen) atoms. The minimum atomic E-state index is -1.98. The van der Waals surface area contributed by atoms with Crippen molar-refractivity contribution < 1.29 is 115 Å². The number of thioether (sulfide) groups is 1. The van der Waals surface area contributed by atoms with E-state index in [1.54, 1.807) is 98.0 Å². The molecule has 0 spiro atoms. The molecular formula is C90H111F3N16O21S. The van der Waals surface area contributed by atoms with E-state index in [1.165, 1.54) is 59.3 Å². The summed E-state index contributed by atoms with van der Waals surface area (Å²) in [6.07, 6.45) is -2.70. The van der Waals surface area contributed by atoms with E-state index in [4.69, 9.17) is 5.73 Å². The number of benzene rings is 5. The lowest BCUT2D eigenvalue weighted by atomic mass is 9.98. The van der Waals surface area contributed by atoms with E-state index in [0.29, 0.717) is 57.9 Å². The number of nitrogens with one attached hydrogen (secondary N) is 10. The highest BCUT2D eigenvalue weighted by molar-refractivity contribution is 8.00. The van der Waals surface area contributed by atoms with Gasteiger partial charge in [0.1, 0.15) is 84.3 Å². The first kappa shape index (κ1) is 101. The van der Waals surface area contributed by atoms with Crippen LogP contribution in [-0.2, 0) is 114 Å². The maximum Gasteiger partial charge on any atom is 0.305 e. The number of aliphatic hydroxyl groups excluding tert-OH is 1. The molecule has 5 aromatic carbocycles. The van der Waals surface area contributed by atoms with Crippen molar-refractivity contribution in [2.75, 3.05) is 58.9 Å². The lowest BCUT2D eigenvalue weighted by Gasteiger charge is -2.38. The fourth-order valence-corrected chi connectivity index (χ4v) is 16.9. The number of carbonyl (C=O) groups is 17. The fourth-order valence-electron chi connectivity index (χ4n) is 16.0. The Hall–Kier alpha value is -13.5. The van der Waals surface area contributed by atoms with Crippen molar-refractivity contribution in [2.45, 2.75) is 196 Å². The Morgan fingerprint density at radius 1 is 0.511 bits per heavy atom. The van der Waals surface area contributed by atoms with E-state index in [0.717, 1.165) is 24.5 Å². The number of nitrogens with zero attached hydrogens (tertiary/aromatic N) is 5. The number of hydrogen-bond donors (Lipinski definition) is 15. The third kappa shape index (κ3) is 27.8. The van der Waals surface area contributed by atoms with Gasteiger partial charge >= 0.3 is 11.9 Å². The molecule has 0 aliphatic carbocycles. The fraction of sp³-hybridized carbons (Fsp3) is 0.456. The molecule has 704 valence electrons. The summed E-state index contributed by atoms with van der Waals surface area (Å²) in [7, 11) is 3.63. The van der Waals surface area contributed by atoms with E-state index >= 15 is 51.9 Å². The summed E-state index contributed by atoms with van der Waals surface area (Å²) >= 11 is 0.615. The number of carboxylic acids is 2. The lowest BCUT2D eigenvalue weighted by molar-refractivity contribution is -0.152. The lowest BCUT2D eigenvalue weighted by Crippen LogP contribution is -2.62. The van der Waals surface area contributed by atoms with Crippen LogP contribution in [0.2, 0.25) is 0 Å². The molecule has 15 amide bonds. The molecule has 3 saturated heterocycles. The van der Waals surface area contributed by atoms with Gasteiger partial charge in [-0.05, 0) is 103 Å². The van der Waals surface area contributed by atoms with Crippen LogP contribution >= 0.6 is 11.8 Å². The molecule has 1 aromatic heterocycles. The van der Waals surface area contributed by atoms with Gasteiger partial charge in [-0.3, -0.25) is 81.5 Å². The quantitative estimate of drug-likeness (QED) is 0.0392. The van der Waals surface area contributed by atoms with E-state index < -0.39 is 259 Å². The number of phenols is 1. The van der Waals surface area contributed by atoms with E-state index in [1.807, 2.05) is 0 Å². The van der Waals surface area contributed by atoms with E-state index in [9.17, 15) is 63.2 Å². The van der Waals surface area contributed by atoms with Crippen molar-refractivity contribution in [3.05, 3.63) is 173 Å². The Balaban J connectivity index is 1.12. The second-order valence-corrected chi connectivity index (χ2v) is 34.0. The van der Waals surface area contributed by atoms with Crippen LogP contribution in [0.15, 0.2) is 128 Å². The number of carboxylic acid groups (broad SMARTS) is 2. The predicted molar refractivity (Wildman–Crippen MR) is 469 cm³/mol. The SMILES string of the molecule is CCCC[C@H]1C(=O)N2CCC[C@@H]2C(=O)N[C@@H](CC(=O)O)C(=O)N[C@@H](C(C)C)C(=O)N(C)[C@H](Cc2ccccc2)C(=O)N[C@@H](CC(=O)O)C(=O)N2CCC[C@@H]2C(=O)N[C@@H](Cc2c[nH]c3ccccc23)C(=O)N[C@@H](Cc2ccc(O)cc2)C(=O)N[C@H](CCO)C(=O)N[C@H](C(=O)NCC(N)=O)CSCC(=O)N[C@H](Cc2cc(F)c(F)c(F)c2)C(=O)N(C)[C@@H](Cc2ccccc2)C(=O)N1C.